The van der Waals surface area contributed by atoms with E-state index in [-0.39, 0.29) is 18.2 Å². The van der Waals surface area contributed by atoms with Gasteiger partial charge in [-0.25, -0.2) is 5.43 Å². The van der Waals surface area contributed by atoms with Gasteiger partial charge in [0, 0.05) is 12.0 Å². The van der Waals surface area contributed by atoms with Crippen molar-refractivity contribution in [1.82, 2.24) is 10.7 Å². The summed E-state index contributed by atoms with van der Waals surface area (Å²) in [6, 6.07) is 11.0. The van der Waals surface area contributed by atoms with Gasteiger partial charge in [-0.3, -0.25) is 9.59 Å². The Kier molecular flexibility index (Phi) is 9.69. The van der Waals surface area contributed by atoms with Crippen LogP contribution in [0, 0.1) is 0 Å². The number of carbonyl (C=O) groups is 2. The molecule has 0 heterocycles. The molecule has 0 fully saturated rings. The largest absolute Gasteiger partial charge is 0.507 e. The number of nitrogens with zero attached hydrogens (tertiary/aromatic N) is 1. The number of hydrogen-bond acceptors (Lipinski definition) is 4. The molecule has 156 valence electrons. The number of unbranched alkanes of at least 4 members (excludes halogenated alkanes) is 6. The molecule has 2 rings (SSSR count). The van der Waals surface area contributed by atoms with Crippen molar-refractivity contribution in [2.75, 3.05) is 6.54 Å². The fraction of sp³-hybridized carbons (Fsp3) is 0.435. The van der Waals surface area contributed by atoms with E-state index < -0.39 is 5.91 Å². The van der Waals surface area contributed by atoms with Crippen molar-refractivity contribution in [3.63, 3.8) is 0 Å². The van der Waals surface area contributed by atoms with E-state index in [2.05, 4.69) is 22.8 Å². The summed E-state index contributed by atoms with van der Waals surface area (Å²) < 4.78 is 0. The Labute approximate surface area is 172 Å². The Morgan fingerprint density at radius 1 is 0.966 bits per heavy atom. The maximum absolute atomic E-state index is 11.9. The Bertz CT molecular complexity index is 833. The molecule has 0 aliphatic carbocycles. The fourth-order valence-corrected chi connectivity index (χ4v) is 3.14. The minimum atomic E-state index is -0.408. The molecule has 6 nitrogen and oxygen atoms in total. The summed E-state index contributed by atoms with van der Waals surface area (Å²) in [5.74, 6) is -0.442. The highest BCUT2D eigenvalue weighted by atomic mass is 16.3. The Hall–Kier alpha value is -2.89. The minimum absolute atomic E-state index is 0.0877. The average Bonchev–Trinajstić information content (AvgIpc) is 2.73. The highest BCUT2D eigenvalue weighted by Gasteiger charge is 2.06. The molecule has 0 aliphatic heterocycles. The molecule has 0 radical (unpaired) electrons. The first-order chi connectivity index (χ1) is 14.1. The lowest BCUT2D eigenvalue weighted by Crippen LogP contribution is -2.34. The van der Waals surface area contributed by atoms with Crippen LogP contribution < -0.4 is 10.7 Å². The molecule has 0 atom stereocenters. The number of benzene rings is 2. The molecule has 2 amide bonds. The van der Waals surface area contributed by atoms with Crippen molar-refractivity contribution < 1.29 is 14.7 Å². The predicted molar refractivity (Wildman–Crippen MR) is 117 cm³/mol. The summed E-state index contributed by atoms with van der Waals surface area (Å²) in [6.45, 7) is 2.08. The number of carbonyl (C=O) groups excluding carboxylic acids is 2. The van der Waals surface area contributed by atoms with E-state index in [1.54, 1.807) is 6.07 Å². The summed E-state index contributed by atoms with van der Waals surface area (Å²) in [5.41, 5.74) is 2.91. The molecule has 6 heteroatoms. The lowest BCUT2D eigenvalue weighted by Gasteiger charge is -2.06. The zero-order chi connectivity index (χ0) is 20.9. The van der Waals surface area contributed by atoms with E-state index in [0.29, 0.717) is 12.0 Å². The van der Waals surface area contributed by atoms with Gasteiger partial charge in [-0.1, -0.05) is 75.8 Å². The van der Waals surface area contributed by atoms with Crippen molar-refractivity contribution in [3.05, 3.63) is 42.0 Å². The molecule has 2 aromatic carbocycles. The second-order valence-electron chi connectivity index (χ2n) is 7.16. The van der Waals surface area contributed by atoms with Gasteiger partial charge in [-0.2, -0.15) is 5.10 Å². The molecule has 29 heavy (non-hydrogen) atoms. The van der Waals surface area contributed by atoms with Crippen LogP contribution in [0.3, 0.4) is 0 Å². The van der Waals surface area contributed by atoms with Crippen LogP contribution in [0.25, 0.3) is 10.8 Å². The number of phenolic OH excluding ortho intramolecular Hbond substituents is 1. The second kappa shape index (κ2) is 12.5. The molecule has 0 spiro atoms. The van der Waals surface area contributed by atoms with E-state index in [0.717, 1.165) is 30.0 Å². The van der Waals surface area contributed by atoms with Gasteiger partial charge < -0.3 is 10.4 Å². The van der Waals surface area contributed by atoms with Gasteiger partial charge in [0.1, 0.15) is 5.75 Å². The van der Waals surface area contributed by atoms with Gasteiger partial charge >= 0.3 is 0 Å². The minimum Gasteiger partial charge on any atom is -0.507 e. The van der Waals surface area contributed by atoms with Crippen LogP contribution in [0.4, 0.5) is 0 Å². The van der Waals surface area contributed by atoms with Crippen LogP contribution in [-0.2, 0) is 9.59 Å². The number of hydrazone groups is 1. The summed E-state index contributed by atoms with van der Waals surface area (Å²) in [4.78, 5) is 23.7. The van der Waals surface area contributed by atoms with E-state index in [4.69, 9.17) is 0 Å². The van der Waals surface area contributed by atoms with Crippen molar-refractivity contribution >= 4 is 28.8 Å². The van der Waals surface area contributed by atoms with Crippen molar-refractivity contribution in [2.45, 2.75) is 58.3 Å². The molecule has 3 N–H and O–H groups in total. The van der Waals surface area contributed by atoms with Crippen LogP contribution in [0.2, 0.25) is 0 Å². The maximum Gasteiger partial charge on any atom is 0.259 e. The lowest BCUT2D eigenvalue weighted by molar-refractivity contribution is -0.126. The van der Waals surface area contributed by atoms with Crippen LogP contribution in [-0.4, -0.2) is 29.7 Å². The molecular weight excluding hydrogens is 366 g/mol. The first kappa shape index (κ1) is 22.4. The number of phenols is 1. The number of amides is 2. The summed E-state index contributed by atoms with van der Waals surface area (Å²) in [7, 11) is 0. The summed E-state index contributed by atoms with van der Waals surface area (Å²) in [5, 5.41) is 18.4. The monoisotopic (exact) mass is 397 g/mol. The number of fused-ring (bicyclic) bond motifs is 1. The van der Waals surface area contributed by atoms with E-state index >= 15 is 0 Å². The fourth-order valence-electron chi connectivity index (χ4n) is 3.14. The third-order valence-corrected chi connectivity index (χ3v) is 4.78. The highest BCUT2D eigenvalue weighted by Crippen LogP contribution is 2.25. The third kappa shape index (κ3) is 7.94. The topological polar surface area (TPSA) is 90.8 Å². The van der Waals surface area contributed by atoms with Crippen molar-refractivity contribution in [3.8, 4) is 5.75 Å². The molecule has 0 unspecified atom stereocenters. The zero-order valence-corrected chi connectivity index (χ0v) is 17.1. The van der Waals surface area contributed by atoms with Gasteiger partial charge in [-0.15, -0.1) is 0 Å². The SMILES string of the molecule is CCCCCCCCCC(=O)NCC(=O)N/N=C\c1c(O)ccc2ccccc12. The summed E-state index contributed by atoms with van der Waals surface area (Å²) in [6.07, 6.45) is 9.89. The first-order valence-corrected chi connectivity index (χ1v) is 10.4. The van der Waals surface area contributed by atoms with E-state index in [1.807, 2.05) is 30.3 Å². The Morgan fingerprint density at radius 3 is 2.48 bits per heavy atom. The predicted octanol–water partition coefficient (Wildman–Crippen LogP) is 4.25. The third-order valence-electron chi connectivity index (χ3n) is 4.78. The number of rotatable bonds is 12. The molecule has 0 aromatic heterocycles. The van der Waals surface area contributed by atoms with Gasteiger partial charge in [0.2, 0.25) is 5.91 Å². The Balaban J connectivity index is 1.68. The molecule has 0 bridgehead atoms. The molecular formula is C23H31N3O3. The van der Waals surface area contributed by atoms with Crippen molar-refractivity contribution in [2.24, 2.45) is 5.10 Å². The summed E-state index contributed by atoms with van der Waals surface area (Å²) >= 11 is 0. The van der Waals surface area contributed by atoms with Gasteiger partial charge in [0.15, 0.2) is 0 Å². The normalized spacial score (nSPS) is 11.1. The van der Waals surface area contributed by atoms with Gasteiger partial charge in [0.25, 0.3) is 5.91 Å². The maximum atomic E-state index is 11.9. The van der Waals surface area contributed by atoms with Gasteiger partial charge in [0.05, 0.1) is 12.8 Å². The van der Waals surface area contributed by atoms with Gasteiger partial charge in [-0.05, 0) is 23.3 Å². The van der Waals surface area contributed by atoms with Crippen molar-refractivity contribution in [1.29, 1.82) is 0 Å². The van der Waals surface area contributed by atoms with E-state index in [9.17, 15) is 14.7 Å². The lowest BCUT2D eigenvalue weighted by atomic mass is 10.0. The molecule has 0 saturated carbocycles. The number of aromatic hydroxyl groups is 1. The number of hydrogen-bond donors (Lipinski definition) is 3. The molecule has 0 saturated heterocycles. The average molecular weight is 398 g/mol. The molecule has 0 aliphatic rings. The van der Waals surface area contributed by atoms with E-state index in [1.165, 1.54) is 31.9 Å². The Morgan fingerprint density at radius 2 is 1.69 bits per heavy atom. The van der Waals surface area contributed by atoms with Crippen LogP contribution in [0.1, 0.15) is 63.9 Å². The smallest absolute Gasteiger partial charge is 0.259 e. The second-order valence-corrected chi connectivity index (χ2v) is 7.16. The quantitative estimate of drug-likeness (QED) is 0.284. The van der Waals surface area contributed by atoms with Crippen LogP contribution >= 0.6 is 0 Å². The highest BCUT2D eigenvalue weighted by molar-refractivity contribution is 6.02. The standard InChI is InChI=1S/C23H31N3O3/c1-2-3-4-5-6-7-8-13-22(28)24-17-23(29)26-25-16-20-19-12-10-9-11-18(19)14-15-21(20)27/h9-12,14-16,27H,2-8,13,17H2,1H3,(H,24,28)(H,26,29)/b25-16-. The first-order valence-electron chi connectivity index (χ1n) is 10.4. The molecule has 2 aromatic rings. The van der Waals surface area contributed by atoms with Crippen LogP contribution in [0.5, 0.6) is 5.75 Å². The van der Waals surface area contributed by atoms with Crippen LogP contribution in [0.15, 0.2) is 41.5 Å². The zero-order valence-electron chi connectivity index (χ0n) is 17.1. The number of nitrogens with one attached hydrogen (secondary N) is 2.